The average molecular weight is 322 g/mol. The minimum atomic E-state index is -1.99. The van der Waals surface area contributed by atoms with Crippen LogP contribution in [0.1, 0.15) is 12.0 Å². The molecule has 0 atom stereocenters. The van der Waals surface area contributed by atoms with Crippen molar-refractivity contribution in [3.8, 4) is 5.75 Å². The maximum atomic E-state index is 5.95. The molecule has 6 heteroatoms. The van der Waals surface area contributed by atoms with E-state index in [-0.39, 0.29) is 0 Å². The minimum absolute atomic E-state index is 0.748. The highest BCUT2D eigenvalue weighted by molar-refractivity contribution is 6.66. The van der Waals surface area contributed by atoms with Gasteiger partial charge in [0.05, 0.1) is 7.11 Å². The summed E-state index contributed by atoms with van der Waals surface area (Å²) in [6.45, 7) is 6.30. The van der Waals surface area contributed by atoms with E-state index in [0.717, 1.165) is 56.6 Å². The van der Waals surface area contributed by atoms with E-state index in [9.17, 15) is 0 Å². The predicted octanol–water partition coefficient (Wildman–Crippen LogP) is 2.21. The predicted molar refractivity (Wildman–Crippen MR) is 91.3 cm³/mol. The summed E-state index contributed by atoms with van der Waals surface area (Å²) >= 11 is 0. The van der Waals surface area contributed by atoms with Gasteiger partial charge in [0.1, 0.15) is 5.75 Å². The molecule has 0 spiro atoms. The molecular formula is C16H26N2O3Si. The molecule has 1 fully saturated rings. The Morgan fingerprint density at radius 3 is 2.55 bits per heavy atom. The molecule has 1 aromatic rings. The fraction of sp³-hybridized carbons (Fsp3) is 0.562. The molecule has 0 bridgehead atoms. The highest BCUT2D eigenvalue weighted by Crippen LogP contribution is 2.16. The van der Waals surface area contributed by atoms with Gasteiger partial charge in [0.25, 0.3) is 0 Å². The average Bonchev–Trinajstić information content (AvgIpc) is 2.52. The molecule has 0 aliphatic carbocycles. The number of aliphatic imine (C=N–C) groups is 1. The zero-order valence-corrected chi connectivity index (χ0v) is 14.5. The van der Waals surface area contributed by atoms with Crippen LogP contribution in [0.25, 0.3) is 0 Å². The lowest BCUT2D eigenvalue weighted by atomic mass is 10.2. The summed E-state index contributed by atoms with van der Waals surface area (Å²) in [5, 5.41) is 3.27. The quantitative estimate of drug-likeness (QED) is 0.496. The van der Waals surface area contributed by atoms with E-state index in [0.29, 0.717) is 0 Å². The lowest BCUT2D eigenvalue weighted by Crippen LogP contribution is -2.45. The summed E-state index contributed by atoms with van der Waals surface area (Å²) in [6, 6.07) is 8.89. The number of ether oxygens (including phenoxy) is 1. The Labute approximate surface area is 133 Å². The largest absolute Gasteiger partial charge is 0.497 e. The molecule has 22 heavy (non-hydrogen) atoms. The van der Waals surface area contributed by atoms with Gasteiger partial charge in [-0.1, -0.05) is 0 Å². The van der Waals surface area contributed by atoms with Gasteiger partial charge in [0, 0.05) is 39.1 Å². The molecule has 0 amide bonds. The van der Waals surface area contributed by atoms with E-state index in [1.165, 1.54) is 0 Å². The molecule has 1 heterocycles. The summed E-state index contributed by atoms with van der Waals surface area (Å²) in [6.07, 6.45) is 2.91. The highest BCUT2D eigenvalue weighted by Gasteiger charge is 2.31. The van der Waals surface area contributed by atoms with Crippen LogP contribution in [0, 0.1) is 0 Å². The van der Waals surface area contributed by atoms with Crippen molar-refractivity contribution in [3.05, 3.63) is 29.8 Å². The lowest BCUT2D eigenvalue weighted by molar-refractivity contribution is 0.155. The van der Waals surface area contributed by atoms with Crippen molar-refractivity contribution in [1.29, 1.82) is 0 Å². The first-order valence-electron chi connectivity index (χ1n) is 7.84. The first-order chi connectivity index (χ1) is 10.7. The number of methoxy groups -OCH3 is 1. The van der Waals surface area contributed by atoms with Gasteiger partial charge in [-0.3, -0.25) is 4.99 Å². The van der Waals surface area contributed by atoms with Crippen LogP contribution in [0.3, 0.4) is 0 Å². The molecule has 122 valence electrons. The first-order valence-corrected chi connectivity index (χ1v) is 10.4. The van der Waals surface area contributed by atoms with E-state index >= 15 is 0 Å². The molecule has 1 N–H and O–H groups in total. The lowest BCUT2D eigenvalue weighted by Gasteiger charge is -2.29. The van der Waals surface area contributed by atoms with Crippen molar-refractivity contribution < 1.29 is 13.6 Å². The molecular weight excluding hydrogens is 296 g/mol. The van der Waals surface area contributed by atoms with Crippen molar-refractivity contribution in [1.82, 2.24) is 5.32 Å². The SMILES string of the molecule is COc1ccc(C=NCCC[Si]2(C)OCCNCCO2)cc1. The molecule has 5 nitrogen and oxygen atoms in total. The molecule has 0 saturated carbocycles. The van der Waals surface area contributed by atoms with Crippen LogP contribution in [0.5, 0.6) is 5.75 Å². The summed E-state index contributed by atoms with van der Waals surface area (Å²) in [4.78, 5) is 4.49. The second kappa shape index (κ2) is 9.04. The van der Waals surface area contributed by atoms with E-state index in [4.69, 9.17) is 13.6 Å². The van der Waals surface area contributed by atoms with Crippen LogP contribution in [-0.4, -0.2) is 54.7 Å². The van der Waals surface area contributed by atoms with Gasteiger partial charge < -0.3 is 18.9 Å². The smallest absolute Gasteiger partial charge is 0.335 e. The Kier molecular flexibility index (Phi) is 7.05. The van der Waals surface area contributed by atoms with Gasteiger partial charge >= 0.3 is 8.56 Å². The third-order valence-corrected chi connectivity index (χ3v) is 6.54. The summed E-state index contributed by atoms with van der Waals surface area (Å²) in [5.41, 5.74) is 1.09. The van der Waals surface area contributed by atoms with Gasteiger partial charge in [-0.25, -0.2) is 0 Å². The molecule has 0 unspecified atom stereocenters. The van der Waals surface area contributed by atoms with E-state index in [2.05, 4.69) is 16.9 Å². The summed E-state index contributed by atoms with van der Waals surface area (Å²) < 4.78 is 17.0. The zero-order chi connectivity index (χ0) is 15.7. The zero-order valence-electron chi connectivity index (χ0n) is 13.5. The van der Waals surface area contributed by atoms with E-state index in [1.54, 1.807) is 7.11 Å². The van der Waals surface area contributed by atoms with Gasteiger partial charge in [-0.15, -0.1) is 0 Å². The Morgan fingerprint density at radius 1 is 1.23 bits per heavy atom. The highest BCUT2D eigenvalue weighted by atomic mass is 28.4. The summed E-state index contributed by atoms with van der Waals surface area (Å²) in [5.74, 6) is 0.865. The fourth-order valence-corrected chi connectivity index (χ4v) is 4.58. The Morgan fingerprint density at radius 2 is 1.91 bits per heavy atom. The molecule has 0 radical (unpaired) electrons. The number of rotatable bonds is 6. The number of hydrogen-bond donors (Lipinski definition) is 1. The molecule has 1 aliphatic heterocycles. The van der Waals surface area contributed by atoms with Crippen molar-refractivity contribution in [2.75, 3.05) is 40.0 Å². The van der Waals surface area contributed by atoms with Gasteiger partial charge in [0.2, 0.25) is 0 Å². The molecule has 0 aromatic heterocycles. The topological polar surface area (TPSA) is 52.1 Å². The van der Waals surface area contributed by atoms with E-state index in [1.807, 2.05) is 30.5 Å². The number of nitrogens with one attached hydrogen (secondary N) is 1. The monoisotopic (exact) mass is 322 g/mol. The van der Waals surface area contributed by atoms with Crippen LogP contribution < -0.4 is 10.1 Å². The van der Waals surface area contributed by atoms with E-state index < -0.39 is 8.56 Å². The second-order valence-electron chi connectivity index (χ2n) is 5.49. The fourth-order valence-electron chi connectivity index (χ4n) is 2.34. The van der Waals surface area contributed by atoms with Crippen LogP contribution in [0.15, 0.2) is 29.3 Å². The minimum Gasteiger partial charge on any atom is -0.497 e. The van der Waals surface area contributed by atoms with Crippen molar-refractivity contribution >= 4 is 14.8 Å². The van der Waals surface area contributed by atoms with Gasteiger partial charge in [-0.2, -0.15) is 0 Å². The van der Waals surface area contributed by atoms with Crippen molar-refractivity contribution in [2.45, 2.75) is 19.0 Å². The first kappa shape index (κ1) is 17.1. The Hall–Kier alpha value is -1.21. The number of hydrogen-bond acceptors (Lipinski definition) is 5. The third-order valence-electron chi connectivity index (χ3n) is 3.65. The normalized spacial score (nSPS) is 18.8. The molecule has 1 aromatic carbocycles. The van der Waals surface area contributed by atoms with Crippen molar-refractivity contribution in [3.63, 3.8) is 0 Å². The van der Waals surface area contributed by atoms with Crippen molar-refractivity contribution in [2.24, 2.45) is 4.99 Å². The number of benzene rings is 1. The second-order valence-corrected chi connectivity index (χ2v) is 8.84. The maximum absolute atomic E-state index is 5.95. The maximum Gasteiger partial charge on any atom is 0.335 e. The molecule has 2 rings (SSSR count). The van der Waals surface area contributed by atoms with Gasteiger partial charge in [-0.05, 0) is 48.8 Å². The third kappa shape index (κ3) is 5.88. The van der Waals surface area contributed by atoms with Gasteiger partial charge in [0.15, 0.2) is 0 Å². The Bertz CT molecular complexity index is 457. The number of nitrogens with zero attached hydrogens (tertiary/aromatic N) is 1. The van der Waals surface area contributed by atoms with Crippen LogP contribution >= 0.6 is 0 Å². The van der Waals surface area contributed by atoms with Crippen LogP contribution in [0.4, 0.5) is 0 Å². The van der Waals surface area contributed by atoms with Crippen LogP contribution in [0.2, 0.25) is 12.6 Å². The molecule has 1 aliphatic rings. The standard InChI is InChI=1S/C16H26N2O3Si/c1-19-16-6-4-15(5-7-16)14-18-8-3-13-22(2)20-11-9-17-10-12-21-22/h4-7,14,17H,3,8-13H2,1-2H3. The Balaban J connectivity index is 1.71. The summed E-state index contributed by atoms with van der Waals surface area (Å²) in [7, 11) is -0.321. The molecule has 1 saturated heterocycles. The van der Waals surface area contributed by atoms with Crippen LogP contribution in [-0.2, 0) is 8.85 Å².